The van der Waals surface area contributed by atoms with Crippen molar-refractivity contribution in [3.63, 3.8) is 0 Å². The Morgan fingerprint density at radius 1 is 0.735 bits per heavy atom. The van der Waals surface area contributed by atoms with Gasteiger partial charge in [-0.3, -0.25) is 9.59 Å². The van der Waals surface area contributed by atoms with Gasteiger partial charge in [0.05, 0.1) is 0 Å². The zero-order valence-electron chi connectivity index (χ0n) is 21.2. The molecular formula is C30H40N2O2. The van der Waals surface area contributed by atoms with Gasteiger partial charge in [-0.05, 0) is 97.9 Å². The van der Waals surface area contributed by atoms with Crippen LogP contribution in [0, 0.1) is 37.5 Å². The summed E-state index contributed by atoms with van der Waals surface area (Å²) in [6.45, 7) is 8.50. The summed E-state index contributed by atoms with van der Waals surface area (Å²) in [5.74, 6) is 1.86. The van der Waals surface area contributed by atoms with Crippen LogP contribution in [-0.2, 0) is 9.59 Å². The van der Waals surface area contributed by atoms with E-state index in [2.05, 4.69) is 48.7 Å². The topological polar surface area (TPSA) is 58.2 Å². The molecule has 2 fully saturated rings. The van der Waals surface area contributed by atoms with E-state index in [0.29, 0.717) is 11.8 Å². The molecule has 4 heteroatoms. The summed E-state index contributed by atoms with van der Waals surface area (Å²) in [6.07, 6.45) is 9.21. The van der Waals surface area contributed by atoms with E-state index in [4.69, 9.17) is 0 Å². The second-order valence-corrected chi connectivity index (χ2v) is 10.5. The van der Waals surface area contributed by atoms with Crippen LogP contribution in [0.25, 0.3) is 11.1 Å². The Bertz CT molecular complexity index is 961. The molecule has 0 unspecified atom stereocenters. The first-order chi connectivity index (χ1) is 16.4. The summed E-state index contributed by atoms with van der Waals surface area (Å²) < 4.78 is 0. The average Bonchev–Trinajstić information content (AvgIpc) is 3.74. The Morgan fingerprint density at radius 3 is 1.50 bits per heavy atom. The van der Waals surface area contributed by atoms with E-state index in [9.17, 15) is 9.59 Å². The minimum absolute atomic E-state index is 0.167. The van der Waals surface area contributed by atoms with E-state index in [1.165, 1.54) is 38.5 Å². The molecule has 0 bridgehead atoms. The summed E-state index contributed by atoms with van der Waals surface area (Å²) in [7, 11) is 0. The maximum atomic E-state index is 12.6. The number of rotatable bonds is 11. The van der Waals surface area contributed by atoms with E-state index in [-0.39, 0.29) is 23.7 Å². The number of carbonyl (C=O) groups excluding carboxylic acids is 2. The van der Waals surface area contributed by atoms with E-state index < -0.39 is 0 Å². The average molecular weight is 461 g/mol. The molecule has 0 heterocycles. The van der Waals surface area contributed by atoms with Gasteiger partial charge in [0.15, 0.2) is 0 Å². The lowest BCUT2D eigenvalue weighted by Crippen LogP contribution is -2.15. The third-order valence-corrected chi connectivity index (χ3v) is 7.68. The van der Waals surface area contributed by atoms with Gasteiger partial charge in [0, 0.05) is 23.2 Å². The Hall–Kier alpha value is -2.62. The van der Waals surface area contributed by atoms with Gasteiger partial charge < -0.3 is 10.6 Å². The molecule has 0 saturated heterocycles. The minimum Gasteiger partial charge on any atom is -0.326 e. The quantitative estimate of drug-likeness (QED) is 0.365. The van der Waals surface area contributed by atoms with E-state index in [1.807, 2.05) is 26.0 Å². The third kappa shape index (κ3) is 5.89. The predicted molar refractivity (Wildman–Crippen MR) is 141 cm³/mol. The summed E-state index contributed by atoms with van der Waals surface area (Å²) in [5.41, 5.74) is 6.17. The largest absolute Gasteiger partial charge is 0.326 e. The first-order valence-corrected chi connectivity index (χ1v) is 13.2. The fraction of sp³-hybridized carbons (Fsp3) is 0.533. The monoisotopic (exact) mass is 460 g/mol. The number of benzene rings is 2. The van der Waals surface area contributed by atoms with Gasteiger partial charge in [0.2, 0.25) is 11.8 Å². The van der Waals surface area contributed by atoms with Crippen LogP contribution < -0.4 is 10.6 Å². The van der Waals surface area contributed by atoms with Gasteiger partial charge in [-0.15, -0.1) is 0 Å². The van der Waals surface area contributed by atoms with Crippen LogP contribution in [0.1, 0.15) is 76.3 Å². The number of carbonyl (C=O) groups is 2. The lowest BCUT2D eigenvalue weighted by Gasteiger charge is -2.13. The molecule has 2 aromatic rings. The first-order valence-electron chi connectivity index (χ1n) is 13.2. The number of anilines is 2. The third-order valence-electron chi connectivity index (χ3n) is 7.68. The predicted octanol–water partition coefficient (Wildman–Crippen LogP) is 7.50. The van der Waals surface area contributed by atoms with E-state index in [0.717, 1.165) is 46.5 Å². The molecule has 2 N–H and O–H groups in total. The van der Waals surface area contributed by atoms with Crippen molar-refractivity contribution in [3.05, 3.63) is 47.5 Å². The fourth-order valence-corrected chi connectivity index (χ4v) is 5.13. The van der Waals surface area contributed by atoms with Crippen molar-refractivity contribution in [2.75, 3.05) is 10.6 Å². The molecule has 0 aromatic heterocycles. The lowest BCUT2D eigenvalue weighted by atomic mass is 9.99. The van der Waals surface area contributed by atoms with Crippen LogP contribution >= 0.6 is 0 Å². The standard InChI is InChI=1S/C30H40N2O2/c1-5-7-9-23-17-25(23)29(33)31-27-13-11-21(15-19(27)3)22-12-14-28(20(4)16-22)32-30(34)26-18-24(26)10-8-6-2/h11-16,23-26H,5-10,17-18H2,1-4H3,(H,31,33)(H,32,34)/t23-,24-,25+,26+/m0/s1. The van der Waals surface area contributed by atoms with Crippen molar-refractivity contribution in [1.82, 2.24) is 0 Å². The van der Waals surface area contributed by atoms with Crippen LogP contribution in [0.5, 0.6) is 0 Å². The Kier molecular flexibility index (Phi) is 7.75. The molecule has 4 rings (SSSR count). The number of hydrogen-bond acceptors (Lipinski definition) is 2. The highest BCUT2D eigenvalue weighted by atomic mass is 16.2. The van der Waals surface area contributed by atoms with Gasteiger partial charge in [-0.2, -0.15) is 0 Å². The Balaban J connectivity index is 1.35. The Morgan fingerprint density at radius 2 is 1.15 bits per heavy atom. The van der Waals surface area contributed by atoms with Crippen molar-refractivity contribution in [1.29, 1.82) is 0 Å². The summed E-state index contributed by atoms with van der Waals surface area (Å²) in [5, 5.41) is 6.29. The normalized spacial score (nSPS) is 22.8. The Labute approximate surface area is 204 Å². The van der Waals surface area contributed by atoms with Crippen molar-refractivity contribution >= 4 is 23.2 Å². The van der Waals surface area contributed by atoms with Crippen molar-refractivity contribution in [3.8, 4) is 11.1 Å². The van der Waals surface area contributed by atoms with Crippen molar-refractivity contribution < 1.29 is 9.59 Å². The van der Waals surface area contributed by atoms with Crippen molar-refractivity contribution in [2.24, 2.45) is 23.7 Å². The molecular weight excluding hydrogens is 420 g/mol. The fourth-order valence-electron chi connectivity index (χ4n) is 5.13. The molecule has 4 nitrogen and oxygen atoms in total. The highest BCUT2D eigenvalue weighted by Crippen LogP contribution is 2.44. The number of nitrogens with one attached hydrogen (secondary N) is 2. The molecule has 0 spiro atoms. The molecule has 2 aliphatic rings. The van der Waals surface area contributed by atoms with E-state index >= 15 is 0 Å². The second kappa shape index (κ2) is 10.8. The molecule has 182 valence electrons. The van der Waals surface area contributed by atoms with Crippen molar-refractivity contribution in [2.45, 2.75) is 79.1 Å². The minimum atomic E-state index is 0.167. The van der Waals surface area contributed by atoms with Crippen LogP contribution in [0.2, 0.25) is 0 Å². The van der Waals surface area contributed by atoms with Gasteiger partial charge in [0.1, 0.15) is 0 Å². The number of hydrogen-bond donors (Lipinski definition) is 2. The maximum absolute atomic E-state index is 12.6. The highest BCUT2D eigenvalue weighted by Gasteiger charge is 2.42. The SMILES string of the molecule is CCCC[C@H]1C[C@H]1C(=O)Nc1ccc(-c2ccc(NC(=O)[C@@H]3C[C@@H]3CCCC)c(C)c2)cc1C. The van der Waals surface area contributed by atoms with Crippen LogP contribution in [0.4, 0.5) is 11.4 Å². The molecule has 2 aliphatic carbocycles. The summed E-state index contributed by atoms with van der Waals surface area (Å²) in [4.78, 5) is 25.2. The van der Waals surface area contributed by atoms with Gasteiger partial charge in [0.25, 0.3) is 0 Å². The maximum Gasteiger partial charge on any atom is 0.227 e. The van der Waals surface area contributed by atoms with Gasteiger partial charge in [-0.25, -0.2) is 0 Å². The molecule has 4 atom stereocenters. The summed E-state index contributed by atoms with van der Waals surface area (Å²) in [6, 6.07) is 12.4. The summed E-state index contributed by atoms with van der Waals surface area (Å²) >= 11 is 0. The molecule has 2 saturated carbocycles. The zero-order valence-corrected chi connectivity index (χ0v) is 21.2. The molecule has 2 aromatic carbocycles. The van der Waals surface area contributed by atoms with Gasteiger partial charge >= 0.3 is 0 Å². The zero-order chi connectivity index (χ0) is 24.2. The van der Waals surface area contributed by atoms with Crippen LogP contribution in [-0.4, -0.2) is 11.8 Å². The van der Waals surface area contributed by atoms with Crippen LogP contribution in [0.15, 0.2) is 36.4 Å². The molecule has 0 aliphatic heterocycles. The number of amides is 2. The smallest absolute Gasteiger partial charge is 0.227 e. The first kappa shape index (κ1) is 24.5. The second-order valence-electron chi connectivity index (χ2n) is 10.5. The van der Waals surface area contributed by atoms with Crippen LogP contribution in [0.3, 0.4) is 0 Å². The lowest BCUT2D eigenvalue weighted by molar-refractivity contribution is -0.118. The van der Waals surface area contributed by atoms with Gasteiger partial charge in [-0.1, -0.05) is 51.7 Å². The highest BCUT2D eigenvalue weighted by molar-refractivity contribution is 5.96. The molecule has 34 heavy (non-hydrogen) atoms. The van der Waals surface area contributed by atoms with E-state index in [1.54, 1.807) is 0 Å². The molecule has 0 radical (unpaired) electrons. The molecule has 2 amide bonds. The number of aryl methyl sites for hydroxylation is 2. The number of unbranched alkanes of at least 4 members (excludes halogenated alkanes) is 2.